The van der Waals surface area contributed by atoms with Crippen molar-refractivity contribution in [3.8, 4) is 0 Å². The first kappa shape index (κ1) is 26.3. The van der Waals surface area contributed by atoms with Gasteiger partial charge in [0.05, 0.1) is 24.0 Å². The number of nitrogens with two attached hydrogens (primary N) is 1. The number of rotatable bonds is 3. The molecule has 1 aromatic carbocycles. The number of hydrogen-bond donors (Lipinski definition) is 2. The van der Waals surface area contributed by atoms with E-state index in [0.29, 0.717) is 5.56 Å². The van der Waals surface area contributed by atoms with Crippen molar-refractivity contribution in [1.29, 1.82) is 0 Å². The molecule has 13 heteroatoms. The van der Waals surface area contributed by atoms with Crippen LogP contribution in [0.2, 0.25) is 0 Å². The maximum absolute atomic E-state index is 14.1. The van der Waals surface area contributed by atoms with Gasteiger partial charge in [-0.05, 0) is 56.0 Å². The topological polar surface area (TPSA) is 109 Å². The number of amides is 3. The second-order valence-electron chi connectivity index (χ2n) is 9.32. The van der Waals surface area contributed by atoms with Gasteiger partial charge in [0.25, 0.3) is 0 Å². The molecule has 0 bridgehead atoms. The fourth-order valence-electron chi connectivity index (χ4n) is 4.65. The predicted octanol–water partition coefficient (Wildman–Crippen LogP) is 3.33. The number of aromatic nitrogens is 1. The third kappa shape index (κ3) is 4.69. The number of pyridine rings is 1. The molecule has 198 valence electrons. The summed E-state index contributed by atoms with van der Waals surface area (Å²) >= 11 is 0. The van der Waals surface area contributed by atoms with E-state index >= 15 is 0 Å². The minimum atomic E-state index is -4.75. The van der Waals surface area contributed by atoms with Gasteiger partial charge in [0.2, 0.25) is 5.91 Å². The highest BCUT2D eigenvalue weighted by atomic mass is 19.4. The minimum Gasteiger partial charge on any atom is -0.383 e. The van der Waals surface area contributed by atoms with Gasteiger partial charge in [-0.3, -0.25) is 14.4 Å². The third-order valence-electron chi connectivity index (χ3n) is 6.95. The van der Waals surface area contributed by atoms with Gasteiger partial charge in [0.15, 0.2) is 11.6 Å². The van der Waals surface area contributed by atoms with E-state index in [9.17, 15) is 36.3 Å². The molecular weight excluding hydrogens is 501 g/mol. The summed E-state index contributed by atoms with van der Waals surface area (Å²) in [6, 6.07) is 1.96. The van der Waals surface area contributed by atoms with E-state index in [0.717, 1.165) is 28.0 Å². The number of anilines is 2. The maximum Gasteiger partial charge on any atom is 0.403 e. The maximum atomic E-state index is 14.1. The SMILES string of the molecule is Cc1cc(NC(=O)C(=O)N2CCN(C(=O)C3(C(F)(F)F)CC3)[C@H](C)[C@H]2c2ccc(F)c(F)c2)cnc1N. The number of hydrogen-bond acceptors (Lipinski definition) is 5. The number of alkyl halides is 3. The largest absolute Gasteiger partial charge is 0.403 e. The number of carbonyl (C=O) groups excluding carboxylic acids is 3. The van der Waals surface area contributed by atoms with Crippen LogP contribution in [-0.2, 0) is 14.4 Å². The quantitative estimate of drug-likeness (QED) is 0.472. The number of piperazine rings is 1. The molecule has 4 rings (SSSR count). The Morgan fingerprint density at radius 1 is 1.08 bits per heavy atom. The van der Waals surface area contributed by atoms with Crippen LogP contribution in [-0.4, -0.2) is 57.8 Å². The molecule has 37 heavy (non-hydrogen) atoms. The van der Waals surface area contributed by atoms with E-state index in [1.165, 1.54) is 19.2 Å². The molecule has 8 nitrogen and oxygen atoms in total. The van der Waals surface area contributed by atoms with E-state index < -0.39 is 53.0 Å². The average molecular weight is 525 g/mol. The van der Waals surface area contributed by atoms with Gasteiger partial charge in [0, 0.05) is 13.1 Å². The van der Waals surface area contributed by atoms with E-state index in [1.807, 2.05) is 0 Å². The molecule has 0 unspecified atom stereocenters. The Labute approximate surface area is 208 Å². The van der Waals surface area contributed by atoms with Gasteiger partial charge in [-0.15, -0.1) is 0 Å². The lowest BCUT2D eigenvalue weighted by Gasteiger charge is -2.47. The molecule has 2 atom stereocenters. The Morgan fingerprint density at radius 2 is 1.73 bits per heavy atom. The number of aryl methyl sites for hydroxylation is 1. The fraction of sp³-hybridized carbons (Fsp3) is 0.417. The first-order valence-corrected chi connectivity index (χ1v) is 11.4. The molecule has 2 fully saturated rings. The molecule has 2 aliphatic rings. The number of carbonyl (C=O) groups is 3. The van der Waals surface area contributed by atoms with Crippen LogP contribution in [0, 0.1) is 24.0 Å². The third-order valence-corrected chi connectivity index (χ3v) is 6.95. The molecular formula is C24H24F5N5O3. The molecule has 3 N–H and O–H groups in total. The van der Waals surface area contributed by atoms with E-state index in [2.05, 4.69) is 10.3 Å². The number of nitrogen functional groups attached to an aromatic ring is 1. The Morgan fingerprint density at radius 3 is 2.30 bits per heavy atom. The average Bonchev–Trinajstić information content (AvgIpc) is 3.65. The lowest BCUT2D eigenvalue weighted by Crippen LogP contribution is -2.60. The number of nitrogens with one attached hydrogen (secondary N) is 1. The lowest BCUT2D eigenvalue weighted by molar-refractivity contribution is -0.202. The summed E-state index contributed by atoms with van der Waals surface area (Å²) in [7, 11) is 0. The van der Waals surface area contributed by atoms with Crippen LogP contribution in [0.15, 0.2) is 30.5 Å². The van der Waals surface area contributed by atoms with Crippen molar-refractivity contribution >= 4 is 29.2 Å². The van der Waals surface area contributed by atoms with Crippen LogP contribution >= 0.6 is 0 Å². The Bertz CT molecular complexity index is 1260. The van der Waals surface area contributed by atoms with E-state index in [-0.39, 0.29) is 43.0 Å². The van der Waals surface area contributed by atoms with Crippen LogP contribution in [0.1, 0.15) is 36.9 Å². The second kappa shape index (κ2) is 9.27. The summed E-state index contributed by atoms with van der Waals surface area (Å²) < 4.78 is 68.7. The number of benzene rings is 1. The van der Waals surface area contributed by atoms with Crippen molar-refractivity contribution in [2.45, 2.75) is 44.9 Å². The summed E-state index contributed by atoms with van der Waals surface area (Å²) in [5.74, 6) is -5.48. The highest BCUT2D eigenvalue weighted by molar-refractivity contribution is 6.39. The van der Waals surface area contributed by atoms with Gasteiger partial charge in [-0.1, -0.05) is 6.07 Å². The zero-order chi connectivity index (χ0) is 27.3. The Hall–Kier alpha value is -3.77. The Kier molecular flexibility index (Phi) is 6.59. The molecule has 0 spiro atoms. The molecule has 1 saturated heterocycles. The van der Waals surface area contributed by atoms with E-state index in [4.69, 9.17) is 5.73 Å². The van der Waals surface area contributed by atoms with Crippen LogP contribution in [0.3, 0.4) is 0 Å². The summed E-state index contributed by atoms with van der Waals surface area (Å²) in [5.41, 5.74) is 3.90. The minimum absolute atomic E-state index is 0.0203. The van der Waals surface area contributed by atoms with E-state index in [1.54, 1.807) is 6.92 Å². The predicted molar refractivity (Wildman–Crippen MR) is 122 cm³/mol. The summed E-state index contributed by atoms with van der Waals surface area (Å²) in [4.78, 5) is 45.0. The molecule has 1 aliphatic heterocycles. The molecule has 1 aliphatic carbocycles. The Balaban J connectivity index is 1.65. The van der Waals surface area contributed by atoms with Gasteiger partial charge in [-0.25, -0.2) is 13.8 Å². The molecule has 2 heterocycles. The van der Waals surface area contributed by atoms with Crippen molar-refractivity contribution in [2.24, 2.45) is 5.41 Å². The monoisotopic (exact) mass is 525 g/mol. The normalized spacial score (nSPS) is 20.9. The zero-order valence-corrected chi connectivity index (χ0v) is 19.9. The highest BCUT2D eigenvalue weighted by Gasteiger charge is 2.70. The van der Waals surface area contributed by atoms with Crippen molar-refractivity contribution in [3.63, 3.8) is 0 Å². The zero-order valence-electron chi connectivity index (χ0n) is 19.9. The van der Waals surface area contributed by atoms with Crippen molar-refractivity contribution in [1.82, 2.24) is 14.8 Å². The number of nitrogens with zero attached hydrogens (tertiary/aromatic N) is 3. The van der Waals surface area contributed by atoms with Crippen molar-refractivity contribution < 1.29 is 36.3 Å². The molecule has 0 radical (unpaired) electrons. The molecule has 2 aromatic rings. The van der Waals surface area contributed by atoms with Crippen LogP contribution in [0.5, 0.6) is 0 Å². The number of halogens is 5. The molecule has 3 amide bonds. The van der Waals surface area contributed by atoms with Gasteiger partial charge >= 0.3 is 18.0 Å². The smallest absolute Gasteiger partial charge is 0.383 e. The summed E-state index contributed by atoms with van der Waals surface area (Å²) in [5, 5.41) is 2.39. The first-order valence-electron chi connectivity index (χ1n) is 11.4. The second-order valence-corrected chi connectivity index (χ2v) is 9.32. The van der Waals surface area contributed by atoms with Gasteiger partial charge < -0.3 is 20.9 Å². The molecule has 1 saturated carbocycles. The van der Waals surface area contributed by atoms with Crippen LogP contribution < -0.4 is 11.1 Å². The summed E-state index contributed by atoms with van der Waals surface area (Å²) in [6.45, 7) is 2.46. The van der Waals surface area contributed by atoms with Crippen molar-refractivity contribution in [2.75, 3.05) is 24.1 Å². The standard InChI is InChI=1S/C24H24F5N5O3/c1-12-9-15(11-31-19(12)30)32-20(35)21(36)34-8-7-33(22(37)23(5-6-23)24(27,28)29)13(2)18(34)14-3-4-16(25)17(26)10-14/h3-4,9-11,13,18H,5-8H2,1-2H3,(H2,30,31)(H,32,35)/t13-,18+/m1/s1. The first-order chi connectivity index (χ1) is 17.3. The fourth-order valence-corrected chi connectivity index (χ4v) is 4.65. The molecule has 1 aromatic heterocycles. The highest BCUT2D eigenvalue weighted by Crippen LogP contribution is 2.59. The van der Waals surface area contributed by atoms with Crippen molar-refractivity contribution in [3.05, 3.63) is 53.2 Å². The summed E-state index contributed by atoms with van der Waals surface area (Å²) in [6.07, 6.45) is -4.21. The lowest BCUT2D eigenvalue weighted by atomic mass is 9.92. The van der Waals surface area contributed by atoms with Crippen LogP contribution in [0.4, 0.5) is 33.5 Å². The van der Waals surface area contributed by atoms with Gasteiger partial charge in [0.1, 0.15) is 11.2 Å². The van der Waals surface area contributed by atoms with Crippen LogP contribution in [0.25, 0.3) is 0 Å². The van der Waals surface area contributed by atoms with Gasteiger partial charge in [-0.2, -0.15) is 13.2 Å².